The maximum Gasteiger partial charge on any atom is 0.258 e. The number of benzene rings is 2. The van der Waals surface area contributed by atoms with Gasteiger partial charge in [-0.25, -0.2) is 0 Å². The van der Waals surface area contributed by atoms with E-state index in [1.165, 1.54) is 7.11 Å². The van der Waals surface area contributed by atoms with Crippen LogP contribution in [-0.2, 0) is 13.1 Å². The van der Waals surface area contributed by atoms with Gasteiger partial charge in [-0.2, -0.15) is 0 Å². The van der Waals surface area contributed by atoms with Crippen LogP contribution in [0.15, 0.2) is 36.4 Å². The van der Waals surface area contributed by atoms with Gasteiger partial charge in [-0.05, 0) is 41.5 Å². The van der Waals surface area contributed by atoms with Crippen molar-refractivity contribution in [3.63, 3.8) is 0 Å². The van der Waals surface area contributed by atoms with Gasteiger partial charge in [-0.1, -0.05) is 17.7 Å². The number of halogens is 1. The van der Waals surface area contributed by atoms with E-state index in [9.17, 15) is 9.59 Å². The maximum absolute atomic E-state index is 12.7. The Kier molecular flexibility index (Phi) is 3.96. The summed E-state index contributed by atoms with van der Waals surface area (Å²) in [5.41, 5.74) is 8.14. The third-order valence-electron chi connectivity index (χ3n) is 3.89. The number of primary amides is 1. The summed E-state index contributed by atoms with van der Waals surface area (Å²) >= 11 is 5.93. The molecule has 5 nitrogen and oxygen atoms in total. The van der Waals surface area contributed by atoms with Gasteiger partial charge in [0, 0.05) is 23.7 Å². The summed E-state index contributed by atoms with van der Waals surface area (Å²) in [4.78, 5) is 25.7. The van der Waals surface area contributed by atoms with Crippen LogP contribution in [0.25, 0.3) is 0 Å². The molecule has 1 heterocycles. The molecule has 0 saturated carbocycles. The van der Waals surface area contributed by atoms with Crippen molar-refractivity contribution in [2.75, 3.05) is 7.11 Å². The standard InChI is InChI=1S/C17H15ClN2O3/c1-23-15-7-13(18)4-5-14(15)17(22)20-8-11-3-2-10(16(19)21)6-12(11)9-20/h2-7H,8-9H2,1H3,(H2,19,21). The molecule has 2 aromatic carbocycles. The lowest BCUT2D eigenvalue weighted by molar-refractivity contribution is 0.0748. The Balaban J connectivity index is 1.87. The summed E-state index contributed by atoms with van der Waals surface area (Å²) in [6.45, 7) is 0.917. The van der Waals surface area contributed by atoms with E-state index in [1.54, 1.807) is 35.2 Å². The Labute approximate surface area is 138 Å². The van der Waals surface area contributed by atoms with Crippen LogP contribution >= 0.6 is 11.6 Å². The third-order valence-corrected chi connectivity index (χ3v) is 4.13. The number of rotatable bonds is 3. The molecule has 0 spiro atoms. The van der Waals surface area contributed by atoms with Crippen molar-refractivity contribution in [3.8, 4) is 5.75 Å². The number of carbonyl (C=O) groups is 2. The maximum atomic E-state index is 12.7. The van der Waals surface area contributed by atoms with Gasteiger partial charge >= 0.3 is 0 Å². The van der Waals surface area contributed by atoms with Crippen molar-refractivity contribution in [2.24, 2.45) is 5.73 Å². The molecule has 6 heteroatoms. The number of hydrogen-bond donors (Lipinski definition) is 1. The molecule has 0 radical (unpaired) electrons. The minimum absolute atomic E-state index is 0.143. The molecular formula is C17H15ClN2O3. The molecule has 2 aromatic rings. The summed E-state index contributed by atoms with van der Waals surface area (Å²) in [6.07, 6.45) is 0. The molecule has 3 rings (SSSR count). The Morgan fingerprint density at radius 3 is 2.57 bits per heavy atom. The average molecular weight is 331 g/mol. The van der Waals surface area contributed by atoms with E-state index < -0.39 is 5.91 Å². The lowest BCUT2D eigenvalue weighted by Crippen LogP contribution is -2.25. The average Bonchev–Trinajstić information content (AvgIpc) is 2.97. The number of methoxy groups -OCH3 is 1. The molecule has 1 aliphatic heterocycles. The van der Waals surface area contributed by atoms with Crippen LogP contribution in [0.5, 0.6) is 5.75 Å². The second kappa shape index (κ2) is 5.93. The van der Waals surface area contributed by atoms with E-state index in [4.69, 9.17) is 22.1 Å². The van der Waals surface area contributed by atoms with Gasteiger partial charge in [0.25, 0.3) is 5.91 Å². The first kappa shape index (κ1) is 15.4. The molecule has 0 saturated heterocycles. The molecule has 0 unspecified atom stereocenters. The second-order valence-corrected chi connectivity index (χ2v) is 5.79. The van der Waals surface area contributed by atoms with E-state index in [1.807, 2.05) is 6.07 Å². The van der Waals surface area contributed by atoms with Crippen molar-refractivity contribution in [1.82, 2.24) is 4.90 Å². The fourth-order valence-corrected chi connectivity index (χ4v) is 2.87. The normalized spacial score (nSPS) is 12.9. The molecule has 0 aromatic heterocycles. The van der Waals surface area contributed by atoms with Crippen molar-refractivity contribution in [1.29, 1.82) is 0 Å². The summed E-state index contributed by atoms with van der Waals surface area (Å²) in [5.74, 6) is -0.177. The predicted octanol–water partition coefficient (Wildman–Crippen LogP) is 2.60. The Hall–Kier alpha value is -2.53. The topological polar surface area (TPSA) is 72.6 Å². The minimum Gasteiger partial charge on any atom is -0.496 e. The molecule has 118 valence electrons. The molecule has 2 amide bonds. The largest absolute Gasteiger partial charge is 0.496 e. The van der Waals surface area contributed by atoms with Gasteiger partial charge in [0.1, 0.15) is 5.75 Å². The lowest BCUT2D eigenvalue weighted by atomic mass is 10.1. The highest BCUT2D eigenvalue weighted by molar-refractivity contribution is 6.30. The summed E-state index contributed by atoms with van der Waals surface area (Å²) in [5, 5.41) is 0.509. The van der Waals surface area contributed by atoms with E-state index in [-0.39, 0.29) is 5.91 Å². The van der Waals surface area contributed by atoms with Gasteiger partial charge in [0.15, 0.2) is 0 Å². The van der Waals surface area contributed by atoms with E-state index in [0.717, 1.165) is 11.1 Å². The first-order valence-corrected chi connectivity index (χ1v) is 7.42. The van der Waals surface area contributed by atoms with Crippen molar-refractivity contribution < 1.29 is 14.3 Å². The quantitative estimate of drug-likeness (QED) is 0.940. The highest BCUT2D eigenvalue weighted by atomic mass is 35.5. The number of hydrogen-bond acceptors (Lipinski definition) is 3. The van der Waals surface area contributed by atoms with Gasteiger partial charge in [-0.15, -0.1) is 0 Å². The highest BCUT2D eigenvalue weighted by Gasteiger charge is 2.26. The van der Waals surface area contributed by atoms with E-state index in [2.05, 4.69) is 0 Å². The Morgan fingerprint density at radius 2 is 1.87 bits per heavy atom. The lowest BCUT2D eigenvalue weighted by Gasteiger charge is -2.17. The molecular weight excluding hydrogens is 316 g/mol. The van der Waals surface area contributed by atoms with Crippen molar-refractivity contribution >= 4 is 23.4 Å². The Morgan fingerprint density at radius 1 is 1.13 bits per heavy atom. The fraction of sp³-hybridized carbons (Fsp3) is 0.176. The number of fused-ring (bicyclic) bond motifs is 1. The number of nitrogens with zero attached hydrogens (tertiary/aromatic N) is 1. The SMILES string of the molecule is COc1cc(Cl)ccc1C(=O)N1Cc2ccc(C(N)=O)cc2C1. The van der Waals surface area contributed by atoms with Crippen LogP contribution in [-0.4, -0.2) is 23.8 Å². The smallest absolute Gasteiger partial charge is 0.258 e. The van der Waals surface area contributed by atoms with Gasteiger partial charge < -0.3 is 15.4 Å². The van der Waals surface area contributed by atoms with Crippen LogP contribution < -0.4 is 10.5 Å². The van der Waals surface area contributed by atoms with Crippen LogP contribution in [0.1, 0.15) is 31.8 Å². The van der Waals surface area contributed by atoms with Crippen LogP contribution in [0.4, 0.5) is 0 Å². The van der Waals surface area contributed by atoms with Crippen LogP contribution in [0.3, 0.4) is 0 Å². The first-order valence-electron chi connectivity index (χ1n) is 7.04. The fourth-order valence-electron chi connectivity index (χ4n) is 2.70. The number of carbonyl (C=O) groups excluding carboxylic acids is 2. The van der Waals surface area contributed by atoms with Gasteiger partial charge in [-0.3, -0.25) is 9.59 Å². The summed E-state index contributed by atoms with van der Waals surface area (Å²) in [7, 11) is 1.50. The molecule has 0 aliphatic carbocycles. The van der Waals surface area contributed by atoms with Crippen molar-refractivity contribution in [3.05, 3.63) is 63.7 Å². The Bertz CT molecular complexity index is 804. The van der Waals surface area contributed by atoms with Gasteiger partial charge in [0.05, 0.1) is 12.7 Å². The molecule has 0 atom stereocenters. The molecule has 0 bridgehead atoms. The third kappa shape index (κ3) is 2.87. The molecule has 23 heavy (non-hydrogen) atoms. The number of nitrogens with two attached hydrogens (primary N) is 1. The summed E-state index contributed by atoms with van der Waals surface area (Å²) < 4.78 is 5.24. The first-order chi connectivity index (χ1) is 11.0. The van der Waals surface area contributed by atoms with Gasteiger partial charge in [0.2, 0.25) is 5.91 Å². The van der Waals surface area contributed by atoms with Crippen LogP contribution in [0.2, 0.25) is 5.02 Å². The molecule has 1 aliphatic rings. The highest BCUT2D eigenvalue weighted by Crippen LogP contribution is 2.29. The minimum atomic E-state index is -0.475. The van der Waals surface area contributed by atoms with E-state index in [0.29, 0.717) is 35.0 Å². The second-order valence-electron chi connectivity index (χ2n) is 5.35. The summed E-state index contributed by atoms with van der Waals surface area (Å²) in [6, 6.07) is 10.2. The zero-order valence-electron chi connectivity index (χ0n) is 12.5. The van der Waals surface area contributed by atoms with Crippen LogP contribution in [0, 0.1) is 0 Å². The number of amides is 2. The predicted molar refractivity (Wildman–Crippen MR) is 86.5 cm³/mol. The van der Waals surface area contributed by atoms with Crippen molar-refractivity contribution in [2.45, 2.75) is 13.1 Å². The zero-order valence-corrected chi connectivity index (χ0v) is 13.3. The zero-order chi connectivity index (χ0) is 16.6. The molecule has 0 fully saturated rings. The monoisotopic (exact) mass is 330 g/mol. The molecule has 2 N–H and O–H groups in total. The number of ether oxygens (including phenoxy) is 1. The van der Waals surface area contributed by atoms with E-state index >= 15 is 0 Å².